The van der Waals surface area contributed by atoms with E-state index in [4.69, 9.17) is 4.74 Å². The lowest BCUT2D eigenvalue weighted by atomic mass is 9.73. The van der Waals surface area contributed by atoms with Gasteiger partial charge in [0.05, 0.1) is 5.76 Å². The molecule has 0 aromatic carbocycles. The van der Waals surface area contributed by atoms with Gasteiger partial charge in [0.2, 0.25) is 0 Å². The van der Waals surface area contributed by atoms with Crippen LogP contribution in [-0.2, 0) is 4.74 Å². The molecule has 0 N–H and O–H groups in total. The van der Waals surface area contributed by atoms with Crippen molar-refractivity contribution < 1.29 is 4.74 Å². The van der Waals surface area contributed by atoms with Gasteiger partial charge in [-0.15, -0.1) is 0 Å². The van der Waals surface area contributed by atoms with Crippen molar-refractivity contribution in [3.8, 4) is 0 Å². The molecule has 2 unspecified atom stereocenters. The van der Waals surface area contributed by atoms with Crippen molar-refractivity contribution in [2.75, 3.05) is 0 Å². The summed E-state index contributed by atoms with van der Waals surface area (Å²) in [7, 11) is 0. The van der Waals surface area contributed by atoms with Crippen LogP contribution in [0, 0.1) is 11.8 Å². The lowest BCUT2D eigenvalue weighted by Gasteiger charge is -2.41. The molecule has 2 atom stereocenters. The zero-order valence-corrected chi connectivity index (χ0v) is 12.1. The zero-order chi connectivity index (χ0) is 12.6. The van der Waals surface area contributed by atoms with Gasteiger partial charge >= 0.3 is 0 Å². The first-order chi connectivity index (χ1) is 8.66. The standard InChI is InChI=1S/C17H28O/c1-13(14-9-10-14)18-17(2)11-5-8-16(12-17)15-6-3-4-7-15/h15-16H,3-12H2,1-2H3. The molecule has 0 aromatic heterocycles. The SMILES string of the molecule is CC(OC1(C)CCCC(C2CCCC2)C1)=C1CC1. The molecule has 3 aliphatic rings. The van der Waals surface area contributed by atoms with Gasteiger partial charge in [-0.2, -0.15) is 0 Å². The maximum Gasteiger partial charge on any atom is 0.106 e. The minimum Gasteiger partial charge on any atom is -0.492 e. The average molecular weight is 248 g/mol. The third-order valence-corrected chi connectivity index (χ3v) is 5.44. The molecule has 1 heteroatoms. The van der Waals surface area contributed by atoms with E-state index in [0.29, 0.717) is 0 Å². The second-order valence-electron chi connectivity index (χ2n) is 7.11. The van der Waals surface area contributed by atoms with Crippen molar-refractivity contribution >= 4 is 0 Å². The van der Waals surface area contributed by atoms with Gasteiger partial charge in [0, 0.05) is 0 Å². The van der Waals surface area contributed by atoms with Crippen LogP contribution in [0.2, 0.25) is 0 Å². The highest BCUT2D eigenvalue weighted by molar-refractivity contribution is 5.20. The summed E-state index contributed by atoms with van der Waals surface area (Å²) in [5.41, 5.74) is 1.71. The summed E-state index contributed by atoms with van der Waals surface area (Å²) in [5.74, 6) is 3.22. The highest BCUT2D eigenvalue weighted by Crippen LogP contribution is 2.45. The molecule has 1 nitrogen and oxygen atoms in total. The van der Waals surface area contributed by atoms with Crippen LogP contribution in [0.5, 0.6) is 0 Å². The van der Waals surface area contributed by atoms with E-state index in [0.717, 1.165) is 11.8 Å². The quantitative estimate of drug-likeness (QED) is 0.623. The molecule has 3 saturated carbocycles. The van der Waals surface area contributed by atoms with Gasteiger partial charge < -0.3 is 4.74 Å². The highest BCUT2D eigenvalue weighted by Gasteiger charge is 2.38. The second-order valence-corrected chi connectivity index (χ2v) is 7.11. The number of allylic oxidation sites excluding steroid dienone is 2. The molecule has 0 radical (unpaired) electrons. The fraction of sp³-hybridized carbons (Fsp3) is 0.882. The maximum atomic E-state index is 6.37. The Morgan fingerprint density at radius 3 is 2.39 bits per heavy atom. The normalized spacial score (nSPS) is 36.8. The van der Waals surface area contributed by atoms with Gasteiger partial charge in [-0.05, 0) is 69.8 Å². The lowest BCUT2D eigenvalue weighted by Crippen LogP contribution is -2.36. The first-order valence-corrected chi connectivity index (χ1v) is 8.04. The molecule has 0 saturated heterocycles. The Balaban J connectivity index is 1.62. The topological polar surface area (TPSA) is 9.23 Å². The molecule has 0 bridgehead atoms. The third kappa shape index (κ3) is 2.75. The van der Waals surface area contributed by atoms with Crippen LogP contribution in [0.15, 0.2) is 11.3 Å². The predicted octanol–water partition coefficient (Wildman–Crippen LogP) is 5.21. The van der Waals surface area contributed by atoms with Crippen molar-refractivity contribution in [3.63, 3.8) is 0 Å². The molecule has 3 aliphatic carbocycles. The molecule has 18 heavy (non-hydrogen) atoms. The second kappa shape index (κ2) is 4.90. The Morgan fingerprint density at radius 1 is 1.06 bits per heavy atom. The maximum absolute atomic E-state index is 6.37. The van der Waals surface area contributed by atoms with E-state index in [-0.39, 0.29) is 5.60 Å². The van der Waals surface area contributed by atoms with Crippen LogP contribution in [-0.4, -0.2) is 5.60 Å². The monoisotopic (exact) mass is 248 g/mol. The Bertz CT molecular complexity index is 332. The van der Waals surface area contributed by atoms with Gasteiger partial charge in [-0.1, -0.05) is 25.7 Å². The Labute approximate surface area is 112 Å². The fourth-order valence-corrected chi connectivity index (χ4v) is 4.28. The highest BCUT2D eigenvalue weighted by atomic mass is 16.5. The minimum atomic E-state index is 0.144. The van der Waals surface area contributed by atoms with Crippen LogP contribution in [0.25, 0.3) is 0 Å². The van der Waals surface area contributed by atoms with Crippen LogP contribution in [0.3, 0.4) is 0 Å². The predicted molar refractivity (Wildman–Crippen MR) is 75.3 cm³/mol. The molecule has 0 aliphatic heterocycles. The summed E-state index contributed by atoms with van der Waals surface area (Å²) >= 11 is 0. The Hall–Kier alpha value is -0.460. The molecule has 102 valence electrons. The van der Waals surface area contributed by atoms with Gasteiger partial charge in [0.25, 0.3) is 0 Å². The van der Waals surface area contributed by atoms with E-state index in [1.54, 1.807) is 5.57 Å². The molecule has 0 aromatic rings. The Kier molecular flexibility index (Phi) is 3.42. The van der Waals surface area contributed by atoms with Crippen molar-refractivity contribution in [1.29, 1.82) is 0 Å². The fourth-order valence-electron chi connectivity index (χ4n) is 4.28. The summed E-state index contributed by atoms with van der Waals surface area (Å²) in [5, 5.41) is 0. The van der Waals surface area contributed by atoms with E-state index in [9.17, 15) is 0 Å². The first-order valence-electron chi connectivity index (χ1n) is 8.04. The summed E-state index contributed by atoms with van der Waals surface area (Å²) in [6.45, 7) is 4.55. The Morgan fingerprint density at radius 2 is 1.72 bits per heavy atom. The molecule has 3 fully saturated rings. The number of ether oxygens (including phenoxy) is 1. The van der Waals surface area contributed by atoms with Gasteiger partial charge in [0.1, 0.15) is 5.60 Å². The van der Waals surface area contributed by atoms with E-state index in [1.807, 2.05) is 0 Å². The molecule has 0 spiro atoms. The molecular weight excluding hydrogens is 220 g/mol. The van der Waals surface area contributed by atoms with E-state index in [1.165, 1.54) is 70.0 Å². The number of hydrogen-bond donors (Lipinski definition) is 0. The van der Waals surface area contributed by atoms with Crippen molar-refractivity contribution in [1.82, 2.24) is 0 Å². The van der Waals surface area contributed by atoms with E-state index < -0.39 is 0 Å². The van der Waals surface area contributed by atoms with Gasteiger partial charge in [0.15, 0.2) is 0 Å². The van der Waals surface area contributed by atoms with Crippen LogP contribution >= 0.6 is 0 Å². The number of hydrogen-bond acceptors (Lipinski definition) is 1. The van der Waals surface area contributed by atoms with Crippen molar-refractivity contribution in [2.45, 2.75) is 83.7 Å². The first kappa shape index (κ1) is 12.6. The summed E-state index contributed by atoms with van der Waals surface area (Å²) in [4.78, 5) is 0. The number of rotatable bonds is 3. The summed E-state index contributed by atoms with van der Waals surface area (Å²) in [6, 6.07) is 0. The smallest absolute Gasteiger partial charge is 0.106 e. The minimum absolute atomic E-state index is 0.144. The van der Waals surface area contributed by atoms with Gasteiger partial charge in [-0.3, -0.25) is 0 Å². The third-order valence-electron chi connectivity index (χ3n) is 5.44. The molecule has 3 rings (SSSR count). The molecule has 0 heterocycles. The van der Waals surface area contributed by atoms with Crippen molar-refractivity contribution in [2.24, 2.45) is 11.8 Å². The average Bonchev–Trinajstić information content (AvgIpc) is 3.04. The van der Waals surface area contributed by atoms with Crippen molar-refractivity contribution in [3.05, 3.63) is 11.3 Å². The molecule has 0 amide bonds. The zero-order valence-electron chi connectivity index (χ0n) is 12.1. The summed E-state index contributed by atoms with van der Waals surface area (Å²) in [6.07, 6.45) is 13.9. The summed E-state index contributed by atoms with van der Waals surface area (Å²) < 4.78 is 6.37. The van der Waals surface area contributed by atoms with Crippen LogP contribution in [0.4, 0.5) is 0 Å². The lowest BCUT2D eigenvalue weighted by molar-refractivity contribution is -0.0386. The van der Waals surface area contributed by atoms with Crippen LogP contribution < -0.4 is 0 Å². The van der Waals surface area contributed by atoms with E-state index in [2.05, 4.69) is 13.8 Å². The van der Waals surface area contributed by atoms with Crippen LogP contribution in [0.1, 0.15) is 78.1 Å². The van der Waals surface area contributed by atoms with Gasteiger partial charge in [-0.25, -0.2) is 0 Å². The van der Waals surface area contributed by atoms with E-state index >= 15 is 0 Å². The largest absolute Gasteiger partial charge is 0.492 e. The molecular formula is C17H28O.